The molecule has 0 amide bonds. The topological polar surface area (TPSA) is 249 Å². The predicted octanol–water partition coefficient (Wildman–Crippen LogP) is 19.4. The average Bonchev–Trinajstić information content (AvgIpc) is 1.64. The largest absolute Gasteiger partial charge is 0.474 e. The van der Waals surface area contributed by atoms with Crippen LogP contribution < -0.4 is 5.73 Å². The number of phosphoric ester groups is 1. The second kappa shape index (κ2) is 50.7. The Morgan fingerprint density at radius 1 is 0.473 bits per heavy atom. The molecule has 3 unspecified atom stereocenters. The van der Waals surface area contributed by atoms with E-state index in [4.69, 9.17) is 42.1 Å². The molecule has 0 bridgehead atoms. The number of aliphatic hydroxyl groups is 2. The molecule has 6 aromatic carbocycles. The third-order valence-electron chi connectivity index (χ3n) is 17.3. The van der Waals surface area contributed by atoms with Crippen molar-refractivity contribution in [2.24, 2.45) is 5.73 Å². The van der Waals surface area contributed by atoms with E-state index in [0.29, 0.717) is 58.3 Å². The molecule has 0 heterocycles. The van der Waals surface area contributed by atoms with Gasteiger partial charge in [0.1, 0.15) is 34.8 Å². The third kappa shape index (κ3) is 31.7. The van der Waals surface area contributed by atoms with Crippen LogP contribution in [-0.4, -0.2) is 121 Å². The van der Waals surface area contributed by atoms with Crippen LogP contribution in [0.3, 0.4) is 0 Å². The Labute approximate surface area is 687 Å². The Morgan fingerprint density at radius 3 is 1.06 bits per heavy atom. The van der Waals surface area contributed by atoms with Crippen molar-refractivity contribution in [2.45, 2.75) is 154 Å². The van der Waals surface area contributed by atoms with Crippen molar-refractivity contribution in [2.75, 3.05) is 71.6 Å². The van der Waals surface area contributed by atoms with Gasteiger partial charge in [-0.05, 0) is 293 Å². The van der Waals surface area contributed by atoms with E-state index >= 15 is 0 Å². The van der Waals surface area contributed by atoms with Gasteiger partial charge in [-0.2, -0.15) is 0 Å². The first-order chi connectivity index (χ1) is 52.5. The number of ketones is 3. The molecule has 110 heavy (non-hydrogen) atoms. The Kier molecular flexibility index (Phi) is 44.7. The van der Waals surface area contributed by atoms with Crippen molar-refractivity contribution in [3.63, 3.8) is 0 Å². The van der Waals surface area contributed by atoms with Crippen LogP contribution in [-0.2, 0) is 78.5 Å². The average molecular weight is 1860 g/mol. The van der Waals surface area contributed by atoms with Gasteiger partial charge >= 0.3 is 14.8 Å². The molecule has 4 N–H and O–H groups in total. The van der Waals surface area contributed by atoms with Crippen LogP contribution in [0.15, 0.2) is 159 Å². The molecular formula is C83H104BClF3NO15P2S3U. The molecule has 0 aromatic heterocycles. The normalized spacial score (nSPS) is 14.7. The number of phosphoric acid groups is 1. The van der Waals surface area contributed by atoms with E-state index in [2.05, 4.69) is 17.4 Å². The Bertz CT molecular complexity index is 4420. The second-order valence-corrected chi connectivity index (χ2v) is 33.8. The quantitative estimate of drug-likeness (QED) is 0.0190. The second-order valence-electron chi connectivity index (χ2n) is 25.4. The predicted molar refractivity (Wildman–Crippen MR) is 442 cm³/mol. The maximum atomic E-state index is 14.2. The number of allylic oxidation sites excluding steroid dienone is 9. The van der Waals surface area contributed by atoms with Gasteiger partial charge < -0.3 is 15.9 Å². The third-order valence-corrected chi connectivity index (χ3v) is 23.5. The minimum atomic E-state index is -3.51. The Hall–Kier alpha value is -5.44. The number of fused-ring (bicyclic) bond motifs is 3. The van der Waals surface area contributed by atoms with E-state index in [-0.39, 0.29) is 112 Å². The van der Waals surface area contributed by atoms with Crippen LogP contribution in [0.1, 0.15) is 189 Å². The summed E-state index contributed by atoms with van der Waals surface area (Å²) in [6.07, 6.45) is 18.8. The summed E-state index contributed by atoms with van der Waals surface area (Å²) in [5, 5.41) is 17.0. The maximum Gasteiger partial charge on any atom is 0.474 e. The molecule has 3 aliphatic carbocycles. The molecule has 16 nitrogen and oxygen atoms in total. The van der Waals surface area contributed by atoms with E-state index in [9.17, 15) is 49.3 Å². The van der Waals surface area contributed by atoms with Crippen molar-refractivity contribution in [3.8, 4) is 0 Å². The molecule has 0 saturated heterocycles. The summed E-state index contributed by atoms with van der Waals surface area (Å²) in [4.78, 5) is 39.3. The molecule has 6 aromatic rings. The molecule has 3 aliphatic rings. The number of unbranched alkanes of at least 4 members (excludes halogenated alkanes) is 5. The van der Waals surface area contributed by atoms with E-state index in [1.807, 2.05) is 112 Å². The molecule has 27 heteroatoms. The number of Topliss-reactive ketones (excluding diaryl/α,β-unsaturated/α-hetero) is 3. The zero-order valence-electron chi connectivity index (χ0n) is 65.7. The first-order valence-electron chi connectivity index (χ1n) is 36.6. The molecule has 0 spiro atoms. The summed E-state index contributed by atoms with van der Waals surface area (Å²) in [5.41, 5.74) is 21.6. The van der Waals surface area contributed by atoms with E-state index < -0.39 is 47.2 Å². The molecule has 0 aliphatic heterocycles. The van der Waals surface area contributed by atoms with Gasteiger partial charge in [0.05, 0.1) is 33.0 Å². The van der Waals surface area contributed by atoms with Crippen molar-refractivity contribution < 1.29 is 113 Å². The zero-order chi connectivity index (χ0) is 81.7. The molecule has 0 fully saturated rings. The van der Waals surface area contributed by atoms with Gasteiger partial charge in [0.25, 0.3) is 0 Å². The summed E-state index contributed by atoms with van der Waals surface area (Å²) in [6.45, 7) is 13.5. The SMILES string of the molecule is CC(=O)CC1=C(C)/C(=C/c2ccc(S(C)=O)cc2)c2ccc(F)cc21.CC1=C(CC(=O)CCCCCO)c2cc(F)ccc2/C1=C\c1ccc(S(C)=O)cc1.CCOP(=O)(Cl)OCC.CCOP(=O)(OCC)OCCCCCC(=O)CC1=C(C)/C(=C/c2ccc(S(C)=O)cc2)c2ccc(F)cc21.NCCCCO.[3H][B].[U]. The van der Waals surface area contributed by atoms with Gasteiger partial charge in [-0.15, -0.1) is 0 Å². The van der Waals surface area contributed by atoms with Crippen LogP contribution in [0, 0.1) is 48.6 Å². The summed E-state index contributed by atoms with van der Waals surface area (Å²) >= 11 is 5.25. The van der Waals surface area contributed by atoms with Crippen LogP contribution in [0.25, 0.3) is 51.7 Å². The fraction of sp³-hybridized carbons (Fsp3) is 0.386. The van der Waals surface area contributed by atoms with Crippen LogP contribution >= 0.6 is 26.0 Å². The minimum Gasteiger partial charge on any atom is -0.396 e. The molecular weight excluding hydrogens is 1750 g/mol. The molecule has 3 atom stereocenters. The number of carbonyl (C=O) groups excluding carboxylic acids is 3. The van der Waals surface area contributed by atoms with Crippen LogP contribution in [0.2, 0.25) is 0 Å². The van der Waals surface area contributed by atoms with Crippen LogP contribution in [0.5, 0.6) is 0 Å². The number of halogens is 4. The molecule has 0 saturated carbocycles. The summed E-state index contributed by atoms with van der Waals surface area (Å²) in [7, 11) is -2.85. The van der Waals surface area contributed by atoms with Crippen molar-refractivity contribution in [1.82, 2.24) is 0 Å². The number of benzene rings is 6. The van der Waals surface area contributed by atoms with Gasteiger partial charge in [0.15, 0.2) is 0 Å². The van der Waals surface area contributed by atoms with Crippen molar-refractivity contribution >= 4 is 136 Å². The standard InChI is InChI=1S/C29H36FO6PS.C25H27FO3S.C21H19FO2S.C4H10ClO3P.C4H11NO.BH.U/c1-5-34-37(32,35-6-2)36-17-9-7-8-10-24(31)20-28-21(3)27(26-16-13-23(30)19-29(26)28)18-22-11-14-25(15-12-22)38(4)33;1-17-23(14-18-7-10-21(11-8-18)30(2)29)22-12-9-19(26)15-25(22)24(17)16-20(28)6-4-3-5-13-27;1-13(23)10-19-14(2)20(18-9-6-16(22)12-21(18)19)11-15-4-7-17(8-5-15)25(3)24;1-3-7-9(5,6)8-4-2;5-3-1-2-4-6;;/h11-16,18-19H,5-10,17,20H2,1-4H3;7-12,14-15,27H,3-6,13,16H2,1-2H3;4-9,11-12H,10H2,1-3H3;3-4H2,1-2H3;6H,1-5H2;1H;/b27-18-;23-14-;20-11-;;;;/i;;;;;1T;. The number of nitrogens with two attached hydrogens (primary N) is 1. The van der Waals surface area contributed by atoms with Gasteiger partial charge in [-0.3, -0.25) is 49.6 Å². The van der Waals surface area contributed by atoms with Crippen molar-refractivity contribution in [1.29, 1.82) is 1.34 Å². The number of hydrogen-bond acceptors (Lipinski definition) is 16. The monoisotopic (exact) mass is 1860 g/mol. The Balaban J connectivity index is 0.000000393. The van der Waals surface area contributed by atoms with E-state index in [1.54, 1.807) is 71.6 Å². The van der Waals surface area contributed by atoms with E-state index in [1.165, 1.54) is 36.4 Å². The minimum absolute atomic E-state index is 0. The summed E-state index contributed by atoms with van der Waals surface area (Å²) < 4.78 is 130. The number of hydrogen-bond donors (Lipinski definition) is 3. The zero-order valence-corrected chi connectivity index (χ0v) is 73.9. The van der Waals surface area contributed by atoms with Gasteiger partial charge in [0.2, 0.25) is 0 Å². The maximum absolute atomic E-state index is 14.2. The van der Waals surface area contributed by atoms with Gasteiger partial charge in [0, 0.05) is 162 Å². The first kappa shape index (κ1) is 96.9. The molecule has 594 valence electrons. The fourth-order valence-electron chi connectivity index (χ4n) is 11.9. The van der Waals surface area contributed by atoms with Crippen molar-refractivity contribution in [3.05, 3.63) is 212 Å². The smallest absolute Gasteiger partial charge is 0.396 e. The number of rotatable bonds is 35. The first-order valence-corrected chi connectivity index (χ1v) is 44.6. The molecule has 2 radical (unpaired) electrons. The molecule has 9 rings (SSSR count). The number of carbonyl (C=O) groups is 3. The number of aliphatic hydroxyl groups excluding tert-OH is 2. The summed E-state index contributed by atoms with van der Waals surface area (Å²) in [5.74, 6) is -0.682. The summed E-state index contributed by atoms with van der Waals surface area (Å²) in [6, 6.07) is 36.7. The van der Waals surface area contributed by atoms with Gasteiger partial charge in [-0.25, -0.2) is 22.3 Å². The van der Waals surface area contributed by atoms with E-state index in [0.717, 1.165) is 147 Å². The Morgan fingerprint density at radius 2 is 0.782 bits per heavy atom. The van der Waals surface area contributed by atoms with Crippen LogP contribution in [0.4, 0.5) is 13.2 Å². The van der Waals surface area contributed by atoms with Gasteiger partial charge in [-0.1, -0.05) is 67.4 Å². The fourth-order valence-corrected chi connectivity index (χ4v) is 16.0.